The van der Waals surface area contributed by atoms with E-state index < -0.39 is 0 Å². The molecule has 3 rings (SSSR count). The number of nitrogens with zero attached hydrogens (tertiary/aromatic N) is 1. The zero-order valence-corrected chi connectivity index (χ0v) is 10.5. The van der Waals surface area contributed by atoms with Gasteiger partial charge in [0.25, 0.3) is 0 Å². The van der Waals surface area contributed by atoms with Crippen LogP contribution in [0, 0.1) is 0 Å². The fourth-order valence-electron chi connectivity index (χ4n) is 3.05. The SMILES string of the molecule is CN1c2cccc(Cl)c2NC(=O)C12CCCC2. The van der Waals surface area contributed by atoms with E-state index in [1.165, 1.54) is 0 Å². The maximum absolute atomic E-state index is 12.3. The molecule has 0 bridgehead atoms. The molecule has 0 saturated heterocycles. The van der Waals surface area contributed by atoms with Crippen molar-refractivity contribution in [2.75, 3.05) is 17.3 Å². The lowest BCUT2D eigenvalue weighted by Crippen LogP contribution is -2.56. The fourth-order valence-corrected chi connectivity index (χ4v) is 3.27. The Labute approximate surface area is 106 Å². The average Bonchev–Trinajstić information content (AvgIpc) is 2.79. The summed E-state index contributed by atoms with van der Waals surface area (Å²) in [6.07, 6.45) is 4.10. The summed E-state index contributed by atoms with van der Waals surface area (Å²) in [4.78, 5) is 14.4. The molecule has 1 aliphatic carbocycles. The zero-order chi connectivity index (χ0) is 12.0. The highest BCUT2D eigenvalue weighted by Gasteiger charge is 2.48. The number of nitrogens with one attached hydrogen (secondary N) is 1. The van der Waals surface area contributed by atoms with Gasteiger partial charge in [-0.25, -0.2) is 0 Å². The summed E-state index contributed by atoms with van der Waals surface area (Å²) in [6, 6.07) is 5.75. The van der Waals surface area contributed by atoms with E-state index in [4.69, 9.17) is 11.6 Å². The molecule has 1 N–H and O–H groups in total. The Morgan fingerprint density at radius 1 is 1.35 bits per heavy atom. The van der Waals surface area contributed by atoms with Gasteiger partial charge in [-0.15, -0.1) is 0 Å². The van der Waals surface area contributed by atoms with Crippen molar-refractivity contribution in [1.82, 2.24) is 0 Å². The first-order valence-electron chi connectivity index (χ1n) is 5.99. The smallest absolute Gasteiger partial charge is 0.250 e. The normalized spacial score (nSPS) is 21.5. The molecule has 1 aromatic rings. The summed E-state index contributed by atoms with van der Waals surface area (Å²) in [5.74, 6) is 0.0955. The van der Waals surface area contributed by atoms with Gasteiger partial charge in [-0.2, -0.15) is 0 Å². The van der Waals surface area contributed by atoms with Crippen molar-refractivity contribution in [3.05, 3.63) is 23.2 Å². The van der Waals surface area contributed by atoms with E-state index in [9.17, 15) is 4.79 Å². The first-order chi connectivity index (χ1) is 8.15. The number of rotatable bonds is 0. The van der Waals surface area contributed by atoms with Crippen molar-refractivity contribution >= 4 is 28.9 Å². The van der Waals surface area contributed by atoms with Gasteiger partial charge in [0.05, 0.1) is 16.4 Å². The third-order valence-electron chi connectivity index (χ3n) is 4.09. The van der Waals surface area contributed by atoms with Crippen LogP contribution in [0.5, 0.6) is 0 Å². The standard InChI is InChI=1S/C13H15ClN2O/c1-16-10-6-4-5-9(14)11(10)15-12(17)13(16)7-2-3-8-13/h4-6H,2-3,7-8H2,1H3,(H,15,17). The molecule has 0 radical (unpaired) electrons. The maximum Gasteiger partial charge on any atom is 0.250 e. The van der Waals surface area contributed by atoms with Crippen molar-refractivity contribution in [1.29, 1.82) is 0 Å². The number of benzene rings is 1. The fraction of sp³-hybridized carbons (Fsp3) is 0.462. The van der Waals surface area contributed by atoms with Crippen LogP contribution in [0.15, 0.2) is 18.2 Å². The van der Waals surface area contributed by atoms with Gasteiger partial charge < -0.3 is 10.2 Å². The first-order valence-corrected chi connectivity index (χ1v) is 6.37. The Morgan fingerprint density at radius 3 is 2.76 bits per heavy atom. The summed E-state index contributed by atoms with van der Waals surface area (Å²) < 4.78 is 0. The number of hydrogen-bond donors (Lipinski definition) is 1. The molecule has 1 spiro atoms. The number of fused-ring (bicyclic) bond motifs is 1. The zero-order valence-electron chi connectivity index (χ0n) is 9.79. The molecule has 17 heavy (non-hydrogen) atoms. The summed E-state index contributed by atoms with van der Waals surface area (Å²) in [5, 5.41) is 3.59. The van der Waals surface area contributed by atoms with Gasteiger partial charge in [0.15, 0.2) is 0 Å². The van der Waals surface area contributed by atoms with E-state index in [1.54, 1.807) is 6.07 Å². The van der Waals surface area contributed by atoms with Crippen LogP contribution < -0.4 is 10.2 Å². The van der Waals surface area contributed by atoms with Crippen LogP contribution in [0.4, 0.5) is 11.4 Å². The molecular weight excluding hydrogens is 236 g/mol. The van der Waals surface area contributed by atoms with Crippen molar-refractivity contribution in [3.63, 3.8) is 0 Å². The van der Waals surface area contributed by atoms with Gasteiger partial charge >= 0.3 is 0 Å². The van der Waals surface area contributed by atoms with Gasteiger partial charge in [0.1, 0.15) is 5.54 Å². The third-order valence-corrected chi connectivity index (χ3v) is 4.40. The third kappa shape index (κ3) is 1.38. The van der Waals surface area contributed by atoms with Crippen LogP contribution in [-0.4, -0.2) is 18.5 Å². The first kappa shape index (κ1) is 10.9. The number of anilines is 2. The van der Waals surface area contributed by atoms with E-state index in [0.29, 0.717) is 5.02 Å². The predicted octanol–water partition coefficient (Wildman–Crippen LogP) is 3.04. The number of hydrogen-bond acceptors (Lipinski definition) is 2. The Morgan fingerprint density at radius 2 is 2.06 bits per heavy atom. The summed E-state index contributed by atoms with van der Waals surface area (Å²) in [6.45, 7) is 0. The van der Waals surface area contributed by atoms with Crippen LogP contribution in [0.3, 0.4) is 0 Å². The highest BCUT2D eigenvalue weighted by molar-refractivity contribution is 6.35. The second-order valence-corrected chi connectivity index (χ2v) is 5.29. The van der Waals surface area contributed by atoms with Crippen molar-refractivity contribution in [2.45, 2.75) is 31.2 Å². The number of likely N-dealkylation sites (N-methyl/N-ethyl adjacent to an activating group) is 1. The Balaban J connectivity index is 2.13. The van der Waals surface area contributed by atoms with Gasteiger partial charge in [0.2, 0.25) is 5.91 Å². The number of carbonyl (C=O) groups excluding carboxylic acids is 1. The Hall–Kier alpha value is -1.22. The minimum absolute atomic E-state index is 0.0955. The molecule has 0 aromatic heterocycles. The predicted molar refractivity (Wildman–Crippen MR) is 69.7 cm³/mol. The molecule has 1 aliphatic heterocycles. The quantitative estimate of drug-likeness (QED) is 0.768. The molecule has 1 saturated carbocycles. The molecule has 4 heteroatoms. The van der Waals surface area contributed by atoms with E-state index in [0.717, 1.165) is 37.1 Å². The largest absolute Gasteiger partial charge is 0.358 e. The molecule has 90 valence electrons. The van der Waals surface area contributed by atoms with E-state index in [-0.39, 0.29) is 11.4 Å². The highest BCUT2D eigenvalue weighted by Crippen LogP contribution is 2.46. The van der Waals surface area contributed by atoms with Gasteiger partial charge in [-0.1, -0.05) is 30.5 Å². The lowest BCUT2D eigenvalue weighted by molar-refractivity contribution is -0.121. The molecule has 0 atom stereocenters. The maximum atomic E-state index is 12.3. The Bertz CT molecular complexity index is 480. The second-order valence-electron chi connectivity index (χ2n) is 4.89. The van der Waals surface area contributed by atoms with Gasteiger partial charge in [-0.05, 0) is 25.0 Å². The molecule has 1 aromatic carbocycles. The summed E-state index contributed by atoms with van der Waals surface area (Å²) in [7, 11) is 2.00. The lowest BCUT2D eigenvalue weighted by atomic mass is 9.91. The Kier molecular flexibility index (Phi) is 2.33. The highest BCUT2D eigenvalue weighted by atomic mass is 35.5. The number of carbonyl (C=O) groups is 1. The minimum Gasteiger partial charge on any atom is -0.358 e. The topological polar surface area (TPSA) is 32.3 Å². The molecule has 1 amide bonds. The van der Waals surface area contributed by atoms with Gasteiger partial charge in [0, 0.05) is 7.05 Å². The number of amides is 1. The molecule has 1 fully saturated rings. The molecule has 1 heterocycles. The second kappa shape index (κ2) is 3.64. The van der Waals surface area contributed by atoms with Gasteiger partial charge in [-0.3, -0.25) is 4.79 Å². The van der Waals surface area contributed by atoms with Crippen LogP contribution in [0.2, 0.25) is 5.02 Å². The lowest BCUT2D eigenvalue weighted by Gasteiger charge is -2.43. The van der Waals surface area contributed by atoms with Crippen molar-refractivity contribution in [2.24, 2.45) is 0 Å². The van der Waals surface area contributed by atoms with E-state index >= 15 is 0 Å². The van der Waals surface area contributed by atoms with E-state index in [2.05, 4.69) is 10.2 Å². The molecule has 3 nitrogen and oxygen atoms in total. The number of para-hydroxylation sites is 1. The summed E-state index contributed by atoms with van der Waals surface area (Å²) in [5.41, 5.74) is 1.43. The van der Waals surface area contributed by atoms with Crippen LogP contribution in [-0.2, 0) is 4.79 Å². The van der Waals surface area contributed by atoms with Crippen LogP contribution >= 0.6 is 11.6 Å². The monoisotopic (exact) mass is 250 g/mol. The average molecular weight is 251 g/mol. The molecule has 2 aliphatic rings. The molecular formula is C13H15ClN2O. The van der Waals surface area contributed by atoms with E-state index in [1.807, 2.05) is 19.2 Å². The van der Waals surface area contributed by atoms with Crippen molar-refractivity contribution in [3.8, 4) is 0 Å². The minimum atomic E-state index is -0.350. The van der Waals surface area contributed by atoms with Crippen LogP contribution in [0.1, 0.15) is 25.7 Å². The van der Waals surface area contributed by atoms with Crippen LogP contribution in [0.25, 0.3) is 0 Å². The van der Waals surface area contributed by atoms with Crippen molar-refractivity contribution < 1.29 is 4.79 Å². The summed E-state index contributed by atoms with van der Waals surface area (Å²) >= 11 is 6.13. The number of halogens is 1. The molecule has 0 unspecified atom stereocenters.